The number of hydrogen-bond donors (Lipinski definition) is 0. The van der Waals surface area contributed by atoms with Crippen LogP contribution in [0.1, 0.15) is 24.1 Å². The molecule has 2 heterocycles. The Hall–Kier alpha value is -2.81. The number of benzene rings is 2. The van der Waals surface area contributed by atoms with E-state index in [1.807, 2.05) is 48.7 Å². The van der Waals surface area contributed by atoms with E-state index in [1.54, 1.807) is 0 Å². The van der Waals surface area contributed by atoms with Gasteiger partial charge in [0.2, 0.25) is 0 Å². The second-order valence-corrected chi connectivity index (χ2v) is 5.69. The van der Waals surface area contributed by atoms with E-state index in [2.05, 4.69) is 28.2 Å². The van der Waals surface area contributed by atoms with Crippen molar-refractivity contribution in [3.05, 3.63) is 78.1 Å². The maximum absolute atomic E-state index is 4.77. The highest BCUT2D eigenvalue weighted by molar-refractivity contribution is 5.95. The van der Waals surface area contributed by atoms with Crippen molar-refractivity contribution in [1.29, 1.82) is 0 Å². The summed E-state index contributed by atoms with van der Waals surface area (Å²) in [6, 6.07) is 18.3. The van der Waals surface area contributed by atoms with Crippen LogP contribution in [0.2, 0.25) is 0 Å². The number of aryl methyl sites for hydroxylation is 1. The van der Waals surface area contributed by atoms with Crippen LogP contribution in [0.3, 0.4) is 0 Å². The summed E-state index contributed by atoms with van der Waals surface area (Å²) in [6.45, 7) is 0. The van der Waals surface area contributed by atoms with Crippen LogP contribution >= 0.6 is 0 Å². The van der Waals surface area contributed by atoms with Crippen molar-refractivity contribution in [3.8, 4) is 0 Å². The molecule has 2 aromatic carbocycles. The van der Waals surface area contributed by atoms with E-state index in [0.29, 0.717) is 0 Å². The summed E-state index contributed by atoms with van der Waals surface area (Å²) in [4.78, 5) is 13.9. The minimum atomic E-state index is 0.882. The fraction of sp³-hybridized carbons (Fsp3) is 0.150. The molecule has 0 bridgehead atoms. The summed E-state index contributed by atoms with van der Waals surface area (Å²) < 4.78 is 0. The molecule has 0 atom stereocenters. The van der Waals surface area contributed by atoms with E-state index in [1.165, 1.54) is 11.3 Å². The predicted molar refractivity (Wildman–Crippen MR) is 94.3 cm³/mol. The summed E-state index contributed by atoms with van der Waals surface area (Å²) in [5, 5.41) is 0. The average molecular weight is 299 g/mol. The van der Waals surface area contributed by atoms with Gasteiger partial charge in [-0.25, -0.2) is 4.98 Å². The second kappa shape index (κ2) is 6.13. The maximum atomic E-state index is 4.77. The normalized spacial score (nSPS) is 13.9. The van der Waals surface area contributed by atoms with Gasteiger partial charge in [0.1, 0.15) is 0 Å². The number of fused-ring (bicyclic) bond motifs is 1. The van der Waals surface area contributed by atoms with Crippen LogP contribution in [0.15, 0.2) is 71.9 Å². The zero-order chi connectivity index (χ0) is 15.5. The highest BCUT2D eigenvalue weighted by Crippen LogP contribution is 2.23. The van der Waals surface area contributed by atoms with Gasteiger partial charge in [0, 0.05) is 18.3 Å². The largest absolute Gasteiger partial charge is 0.257 e. The molecule has 0 saturated carbocycles. The molecule has 1 aromatic heterocycles. The SMILES string of the molecule is C1=C(c2ccccc2)N=C(CCc2cnc3ccccc3n2)C1. The summed E-state index contributed by atoms with van der Waals surface area (Å²) in [7, 11) is 0. The summed E-state index contributed by atoms with van der Waals surface area (Å²) in [6.07, 6.45) is 6.83. The number of hydrogen-bond acceptors (Lipinski definition) is 3. The third-order valence-electron chi connectivity index (χ3n) is 4.05. The molecular formula is C20H17N3. The number of nitrogens with zero attached hydrogens (tertiary/aromatic N) is 3. The first-order valence-corrected chi connectivity index (χ1v) is 7.91. The van der Waals surface area contributed by atoms with Gasteiger partial charge < -0.3 is 0 Å². The first-order valence-electron chi connectivity index (χ1n) is 7.91. The molecule has 1 aliphatic heterocycles. The van der Waals surface area contributed by atoms with Crippen LogP contribution < -0.4 is 0 Å². The zero-order valence-corrected chi connectivity index (χ0v) is 12.8. The van der Waals surface area contributed by atoms with Gasteiger partial charge in [-0.2, -0.15) is 0 Å². The van der Waals surface area contributed by atoms with Gasteiger partial charge in [0.15, 0.2) is 0 Å². The molecular weight excluding hydrogens is 282 g/mol. The second-order valence-electron chi connectivity index (χ2n) is 5.69. The van der Waals surface area contributed by atoms with Crippen molar-refractivity contribution < 1.29 is 0 Å². The molecule has 112 valence electrons. The van der Waals surface area contributed by atoms with Gasteiger partial charge in [-0.05, 0) is 30.5 Å². The molecule has 0 spiro atoms. The minimum absolute atomic E-state index is 0.882. The van der Waals surface area contributed by atoms with Gasteiger partial charge in [-0.15, -0.1) is 0 Å². The number of rotatable bonds is 4. The molecule has 3 aromatic rings. The lowest BCUT2D eigenvalue weighted by molar-refractivity contribution is 0.961. The molecule has 0 aliphatic carbocycles. The summed E-state index contributed by atoms with van der Waals surface area (Å²) in [5.74, 6) is 0. The van der Waals surface area contributed by atoms with E-state index in [9.17, 15) is 0 Å². The molecule has 1 aliphatic rings. The molecule has 0 N–H and O–H groups in total. The van der Waals surface area contributed by atoms with Crippen LogP contribution in [0, 0.1) is 0 Å². The van der Waals surface area contributed by atoms with Gasteiger partial charge in [-0.3, -0.25) is 9.98 Å². The zero-order valence-electron chi connectivity index (χ0n) is 12.8. The molecule has 23 heavy (non-hydrogen) atoms. The van der Waals surface area contributed by atoms with Crippen molar-refractivity contribution in [2.24, 2.45) is 4.99 Å². The van der Waals surface area contributed by atoms with Crippen LogP contribution in [-0.2, 0) is 6.42 Å². The van der Waals surface area contributed by atoms with E-state index in [0.717, 1.165) is 41.7 Å². The molecule has 0 radical (unpaired) electrons. The summed E-state index contributed by atoms with van der Waals surface area (Å²) >= 11 is 0. The van der Waals surface area contributed by atoms with Gasteiger partial charge in [0.05, 0.1) is 22.4 Å². The average Bonchev–Trinajstić information content (AvgIpc) is 3.10. The number of aromatic nitrogens is 2. The quantitative estimate of drug-likeness (QED) is 0.714. The van der Waals surface area contributed by atoms with Crippen molar-refractivity contribution >= 4 is 22.4 Å². The Morgan fingerprint density at radius 1 is 0.826 bits per heavy atom. The van der Waals surface area contributed by atoms with E-state index >= 15 is 0 Å². The Labute approximate surface area is 135 Å². The van der Waals surface area contributed by atoms with Crippen molar-refractivity contribution in [2.45, 2.75) is 19.3 Å². The van der Waals surface area contributed by atoms with Crippen molar-refractivity contribution in [2.75, 3.05) is 0 Å². The fourth-order valence-electron chi connectivity index (χ4n) is 2.81. The van der Waals surface area contributed by atoms with Gasteiger partial charge >= 0.3 is 0 Å². The minimum Gasteiger partial charge on any atom is -0.257 e. The van der Waals surface area contributed by atoms with E-state index in [4.69, 9.17) is 4.99 Å². The maximum Gasteiger partial charge on any atom is 0.0890 e. The Morgan fingerprint density at radius 3 is 2.48 bits per heavy atom. The number of para-hydroxylation sites is 2. The smallest absolute Gasteiger partial charge is 0.0890 e. The Balaban J connectivity index is 1.45. The molecule has 3 nitrogen and oxygen atoms in total. The van der Waals surface area contributed by atoms with Gasteiger partial charge in [-0.1, -0.05) is 48.5 Å². The number of aliphatic imine (C=N–C) groups is 1. The van der Waals surface area contributed by atoms with Crippen LogP contribution in [0.4, 0.5) is 0 Å². The molecule has 0 fully saturated rings. The lowest BCUT2D eigenvalue weighted by Crippen LogP contribution is -1.99. The molecule has 0 amide bonds. The fourth-order valence-corrected chi connectivity index (χ4v) is 2.81. The first-order chi connectivity index (χ1) is 11.4. The van der Waals surface area contributed by atoms with E-state index in [-0.39, 0.29) is 0 Å². The van der Waals surface area contributed by atoms with Crippen LogP contribution in [-0.4, -0.2) is 15.7 Å². The molecule has 3 heteroatoms. The van der Waals surface area contributed by atoms with Crippen molar-refractivity contribution in [3.63, 3.8) is 0 Å². The third-order valence-corrected chi connectivity index (χ3v) is 4.05. The topological polar surface area (TPSA) is 38.1 Å². The van der Waals surface area contributed by atoms with E-state index < -0.39 is 0 Å². The lowest BCUT2D eigenvalue weighted by atomic mass is 10.1. The van der Waals surface area contributed by atoms with Crippen LogP contribution in [0.25, 0.3) is 16.7 Å². The standard InChI is InChI=1S/C20H17N3/c1-2-6-15(7-3-1)18-13-12-16(22-18)10-11-17-14-21-19-8-4-5-9-20(19)23-17/h1-9,13-14H,10-12H2. The predicted octanol–water partition coefficient (Wildman–Crippen LogP) is 4.45. The monoisotopic (exact) mass is 299 g/mol. The number of allylic oxidation sites excluding steroid dienone is 1. The lowest BCUT2D eigenvalue weighted by Gasteiger charge is -2.03. The first kappa shape index (κ1) is 13.8. The highest BCUT2D eigenvalue weighted by Gasteiger charge is 2.11. The summed E-state index contributed by atoms with van der Waals surface area (Å²) in [5.41, 5.74) is 6.43. The van der Waals surface area contributed by atoms with Crippen molar-refractivity contribution in [1.82, 2.24) is 9.97 Å². The Morgan fingerprint density at radius 2 is 1.61 bits per heavy atom. The molecule has 0 unspecified atom stereocenters. The molecule has 0 saturated heterocycles. The van der Waals surface area contributed by atoms with Crippen LogP contribution in [0.5, 0.6) is 0 Å². The third kappa shape index (κ3) is 3.04. The Bertz CT molecular complexity index is 895. The molecule has 4 rings (SSSR count). The van der Waals surface area contributed by atoms with Gasteiger partial charge in [0.25, 0.3) is 0 Å². The Kier molecular flexibility index (Phi) is 3.68. The highest BCUT2D eigenvalue weighted by atomic mass is 14.8.